The number of nitrogens with zero attached hydrogens (tertiary/aromatic N) is 2. The Bertz CT molecular complexity index is 369. The lowest BCUT2D eigenvalue weighted by Crippen LogP contribution is -2.08. The number of thioether (sulfide) groups is 1. The minimum absolute atomic E-state index is 0.157. The summed E-state index contributed by atoms with van der Waals surface area (Å²) in [6.07, 6.45) is 3.09. The first-order valence-corrected chi connectivity index (χ1v) is 5.57. The number of aromatic nitrogens is 1. The zero-order valence-electron chi connectivity index (χ0n) is 9.48. The van der Waals surface area contributed by atoms with Crippen molar-refractivity contribution in [2.24, 2.45) is 5.16 Å². The maximum Gasteiger partial charge on any atom is 0.0994 e. The monoisotopic (exact) mass is 224 g/mol. The SMILES string of the molecule is Cc1cc(C=NO)cnc1SC(C)(C)C. The molecular weight excluding hydrogens is 208 g/mol. The molecule has 1 aromatic heterocycles. The molecule has 0 bridgehead atoms. The average molecular weight is 224 g/mol. The molecule has 3 nitrogen and oxygen atoms in total. The Labute approximate surface area is 94.6 Å². The van der Waals surface area contributed by atoms with Gasteiger partial charge in [0.2, 0.25) is 0 Å². The third kappa shape index (κ3) is 3.91. The molecule has 1 N–H and O–H groups in total. The maximum absolute atomic E-state index is 8.40. The normalized spacial score (nSPS) is 12.3. The quantitative estimate of drug-likeness (QED) is 0.363. The van der Waals surface area contributed by atoms with Gasteiger partial charge < -0.3 is 5.21 Å². The van der Waals surface area contributed by atoms with Crippen LogP contribution in [0.4, 0.5) is 0 Å². The molecule has 4 heteroatoms. The summed E-state index contributed by atoms with van der Waals surface area (Å²) >= 11 is 1.74. The van der Waals surface area contributed by atoms with Crippen LogP contribution < -0.4 is 0 Å². The third-order valence-corrected chi connectivity index (χ3v) is 2.89. The summed E-state index contributed by atoms with van der Waals surface area (Å²) in [6.45, 7) is 8.47. The van der Waals surface area contributed by atoms with Crippen LogP contribution >= 0.6 is 11.8 Å². The second kappa shape index (κ2) is 4.66. The molecule has 0 fully saturated rings. The van der Waals surface area contributed by atoms with Crippen molar-refractivity contribution in [2.45, 2.75) is 37.5 Å². The van der Waals surface area contributed by atoms with Crippen molar-refractivity contribution in [1.29, 1.82) is 0 Å². The molecule has 0 spiro atoms. The summed E-state index contributed by atoms with van der Waals surface area (Å²) in [6, 6.07) is 1.96. The van der Waals surface area contributed by atoms with Gasteiger partial charge in [0.05, 0.1) is 11.2 Å². The Morgan fingerprint density at radius 3 is 2.60 bits per heavy atom. The molecule has 1 heterocycles. The summed E-state index contributed by atoms with van der Waals surface area (Å²) in [7, 11) is 0. The second-order valence-electron chi connectivity index (χ2n) is 4.35. The summed E-state index contributed by atoms with van der Waals surface area (Å²) in [4.78, 5) is 4.34. The van der Waals surface area contributed by atoms with Gasteiger partial charge in [0, 0.05) is 16.5 Å². The molecule has 0 saturated carbocycles. The van der Waals surface area contributed by atoms with Crippen LogP contribution in [0.1, 0.15) is 31.9 Å². The van der Waals surface area contributed by atoms with E-state index in [-0.39, 0.29) is 4.75 Å². The first-order valence-electron chi connectivity index (χ1n) is 4.75. The second-order valence-corrected chi connectivity index (χ2v) is 6.17. The summed E-state index contributed by atoms with van der Waals surface area (Å²) < 4.78 is 0.157. The Morgan fingerprint density at radius 1 is 1.47 bits per heavy atom. The predicted molar refractivity (Wildman–Crippen MR) is 64.0 cm³/mol. The molecule has 15 heavy (non-hydrogen) atoms. The van der Waals surface area contributed by atoms with E-state index in [4.69, 9.17) is 5.21 Å². The van der Waals surface area contributed by atoms with Crippen molar-refractivity contribution in [1.82, 2.24) is 4.98 Å². The van der Waals surface area contributed by atoms with Crippen molar-refractivity contribution in [2.75, 3.05) is 0 Å². The van der Waals surface area contributed by atoms with E-state index in [1.165, 1.54) is 6.21 Å². The number of hydrogen-bond acceptors (Lipinski definition) is 4. The summed E-state index contributed by atoms with van der Waals surface area (Å²) in [5, 5.41) is 12.4. The molecular formula is C11H16N2OS. The molecule has 0 aliphatic heterocycles. The predicted octanol–water partition coefficient (Wildman–Crippen LogP) is 3.09. The molecule has 0 radical (unpaired) electrons. The smallest absolute Gasteiger partial charge is 0.0994 e. The molecule has 1 aromatic rings. The molecule has 0 atom stereocenters. The maximum atomic E-state index is 8.40. The molecule has 0 aliphatic carbocycles. The fourth-order valence-corrected chi connectivity index (χ4v) is 2.02. The van der Waals surface area contributed by atoms with Crippen LogP contribution in [-0.2, 0) is 0 Å². The van der Waals surface area contributed by atoms with Crippen molar-refractivity contribution in [3.05, 3.63) is 23.4 Å². The van der Waals surface area contributed by atoms with Gasteiger partial charge in [-0.25, -0.2) is 4.98 Å². The number of oxime groups is 1. The van der Waals surface area contributed by atoms with E-state index in [2.05, 4.69) is 30.9 Å². The lowest BCUT2D eigenvalue weighted by Gasteiger charge is -2.18. The Kier molecular flexibility index (Phi) is 3.74. The van der Waals surface area contributed by atoms with E-state index >= 15 is 0 Å². The lowest BCUT2D eigenvalue weighted by atomic mass is 10.2. The molecule has 0 aliphatic rings. The zero-order valence-corrected chi connectivity index (χ0v) is 10.3. The van der Waals surface area contributed by atoms with E-state index in [9.17, 15) is 0 Å². The molecule has 0 unspecified atom stereocenters. The highest BCUT2D eigenvalue weighted by Gasteiger charge is 2.14. The van der Waals surface area contributed by atoms with Gasteiger partial charge in [0.25, 0.3) is 0 Å². The summed E-state index contributed by atoms with van der Waals surface area (Å²) in [5.74, 6) is 0. The van der Waals surface area contributed by atoms with E-state index in [1.807, 2.05) is 13.0 Å². The molecule has 82 valence electrons. The van der Waals surface area contributed by atoms with Gasteiger partial charge in [-0.2, -0.15) is 0 Å². The van der Waals surface area contributed by atoms with E-state index < -0.39 is 0 Å². The molecule has 1 rings (SSSR count). The van der Waals surface area contributed by atoms with Gasteiger partial charge in [-0.05, 0) is 18.6 Å². The van der Waals surface area contributed by atoms with Crippen LogP contribution in [0.2, 0.25) is 0 Å². The van der Waals surface area contributed by atoms with Gasteiger partial charge in [0.1, 0.15) is 0 Å². The van der Waals surface area contributed by atoms with Crippen molar-refractivity contribution in [3.8, 4) is 0 Å². The molecule has 0 aromatic carbocycles. The molecule has 0 amide bonds. The van der Waals surface area contributed by atoms with Crippen molar-refractivity contribution < 1.29 is 5.21 Å². The summed E-state index contributed by atoms with van der Waals surface area (Å²) in [5.41, 5.74) is 1.92. The number of hydrogen-bond donors (Lipinski definition) is 1. The number of pyridine rings is 1. The van der Waals surface area contributed by atoms with Gasteiger partial charge >= 0.3 is 0 Å². The first-order chi connectivity index (χ1) is 6.92. The van der Waals surface area contributed by atoms with Crippen LogP contribution in [0, 0.1) is 6.92 Å². The highest BCUT2D eigenvalue weighted by molar-refractivity contribution is 8.00. The van der Waals surface area contributed by atoms with Crippen LogP contribution in [0.3, 0.4) is 0 Å². The first kappa shape index (κ1) is 12.0. The Balaban J connectivity index is 2.93. The standard InChI is InChI=1S/C11H16N2OS/c1-8-5-9(7-13-14)6-12-10(8)15-11(2,3)4/h5-7,14H,1-4H3. The van der Waals surface area contributed by atoms with Gasteiger partial charge in [-0.1, -0.05) is 25.9 Å². The minimum Gasteiger partial charge on any atom is -0.411 e. The Morgan fingerprint density at radius 2 is 2.13 bits per heavy atom. The van der Waals surface area contributed by atoms with Crippen LogP contribution in [0.5, 0.6) is 0 Å². The van der Waals surface area contributed by atoms with Crippen LogP contribution in [-0.4, -0.2) is 21.2 Å². The van der Waals surface area contributed by atoms with E-state index in [0.717, 1.165) is 16.2 Å². The topological polar surface area (TPSA) is 45.5 Å². The molecule has 0 saturated heterocycles. The minimum atomic E-state index is 0.157. The Hall–Kier alpha value is -1.03. The highest BCUT2D eigenvalue weighted by atomic mass is 32.2. The van der Waals surface area contributed by atoms with Crippen molar-refractivity contribution in [3.63, 3.8) is 0 Å². The number of rotatable bonds is 2. The highest BCUT2D eigenvalue weighted by Crippen LogP contribution is 2.32. The van der Waals surface area contributed by atoms with Gasteiger partial charge in [-0.15, -0.1) is 11.8 Å². The third-order valence-electron chi connectivity index (χ3n) is 1.66. The van der Waals surface area contributed by atoms with Crippen molar-refractivity contribution >= 4 is 18.0 Å². The van der Waals surface area contributed by atoms with Gasteiger partial charge in [-0.3, -0.25) is 0 Å². The lowest BCUT2D eigenvalue weighted by molar-refractivity contribution is 0.322. The average Bonchev–Trinajstić information content (AvgIpc) is 2.08. The largest absolute Gasteiger partial charge is 0.411 e. The fraction of sp³-hybridized carbons (Fsp3) is 0.455. The fourth-order valence-electron chi connectivity index (χ4n) is 1.12. The zero-order chi connectivity index (χ0) is 11.5. The van der Waals surface area contributed by atoms with Gasteiger partial charge in [0.15, 0.2) is 0 Å². The van der Waals surface area contributed by atoms with E-state index in [0.29, 0.717) is 0 Å². The van der Waals surface area contributed by atoms with E-state index in [1.54, 1.807) is 18.0 Å². The van der Waals surface area contributed by atoms with Crippen LogP contribution in [0.15, 0.2) is 22.4 Å². The number of aryl methyl sites for hydroxylation is 1. The van der Waals surface area contributed by atoms with Crippen LogP contribution in [0.25, 0.3) is 0 Å².